The highest BCUT2D eigenvalue weighted by atomic mass is 16.1. The summed E-state index contributed by atoms with van der Waals surface area (Å²) in [6, 6.07) is 10.2. The number of H-pyrrole nitrogens is 1. The third-order valence-corrected chi connectivity index (χ3v) is 2.54. The first kappa shape index (κ1) is 10.2. The van der Waals surface area contributed by atoms with Gasteiger partial charge in [0, 0.05) is 12.3 Å². The molecule has 0 atom stereocenters. The molecule has 0 fully saturated rings. The van der Waals surface area contributed by atoms with E-state index in [1.807, 2.05) is 0 Å². The van der Waals surface area contributed by atoms with E-state index >= 15 is 0 Å². The van der Waals surface area contributed by atoms with E-state index in [9.17, 15) is 4.79 Å². The number of nitriles is 1. The summed E-state index contributed by atoms with van der Waals surface area (Å²) in [6.07, 6.45) is 1.63. The minimum Gasteiger partial charge on any atom is -0.319 e. The van der Waals surface area contributed by atoms with E-state index in [0.717, 1.165) is 0 Å². The van der Waals surface area contributed by atoms with Gasteiger partial charge in [-0.05, 0) is 18.2 Å². The van der Waals surface area contributed by atoms with Gasteiger partial charge in [-0.25, -0.2) is 0 Å². The van der Waals surface area contributed by atoms with E-state index in [1.54, 1.807) is 34.9 Å². The van der Waals surface area contributed by atoms with Crippen LogP contribution in [0.25, 0.3) is 17.2 Å². The van der Waals surface area contributed by atoms with Gasteiger partial charge in [0.1, 0.15) is 6.07 Å². The third kappa shape index (κ3) is 1.55. The van der Waals surface area contributed by atoms with Crippen molar-refractivity contribution in [1.82, 2.24) is 19.6 Å². The van der Waals surface area contributed by atoms with Crippen LogP contribution >= 0.6 is 0 Å². The van der Waals surface area contributed by atoms with Crippen LogP contribution in [0.2, 0.25) is 0 Å². The molecule has 3 rings (SSSR count). The van der Waals surface area contributed by atoms with Crippen molar-refractivity contribution in [2.24, 2.45) is 0 Å². The minimum atomic E-state index is -0.208. The highest BCUT2D eigenvalue weighted by molar-refractivity contribution is 5.56. The van der Waals surface area contributed by atoms with Crippen LogP contribution in [0, 0.1) is 11.3 Å². The normalized spacial score (nSPS) is 10.4. The molecule has 3 aromatic rings. The molecule has 0 radical (unpaired) electrons. The predicted octanol–water partition coefficient (Wildman–Crippen LogP) is 0.956. The summed E-state index contributed by atoms with van der Waals surface area (Å²) in [7, 11) is 0. The Morgan fingerprint density at radius 1 is 1.22 bits per heavy atom. The molecule has 3 heterocycles. The molecule has 0 aliphatic rings. The number of aromatic nitrogens is 4. The monoisotopic (exact) mass is 237 g/mol. The summed E-state index contributed by atoms with van der Waals surface area (Å²) in [5, 5.41) is 16.9. The van der Waals surface area contributed by atoms with Crippen LogP contribution in [0.5, 0.6) is 0 Å². The van der Waals surface area contributed by atoms with Crippen molar-refractivity contribution in [3.8, 4) is 17.6 Å². The van der Waals surface area contributed by atoms with Crippen LogP contribution in [-0.2, 0) is 0 Å². The topological polar surface area (TPSA) is 86.8 Å². The molecule has 0 unspecified atom stereocenters. The number of fused-ring (bicyclic) bond motifs is 1. The summed E-state index contributed by atoms with van der Waals surface area (Å²) in [5.41, 5.74) is 1.47. The minimum absolute atomic E-state index is 0.208. The van der Waals surface area contributed by atoms with Crippen LogP contribution in [0.15, 0.2) is 41.3 Å². The van der Waals surface area contributed by atoms with Gasteiger partial charge in [0.25, 0.3) is 0 Å². The van der Waals surface area contributed by atoms with Gasteiger partial charge >= 0.3 is 0 Å². The van der Waals surface area contributed by atoms with Crippen molar-refractivity contribution in [3.63, 3.8) is 0 Å². The molecule has 0 spiro atoms. The molecule has 6 heteroatoms. The highest BCUT2D eigenvalue weighted by Gasteiger charge is 2.08. The summed E-state index contributed by atoms with van der Waals surface area (Å²) < 4.78 is 1.67. The molecule has 0 saturated carbocycles. The van der Waals surface area contributed by atoms with Gasteiger partial charge in [-0.1, -0.05) is 6.07 Å². The van der Waals surface area contributed by atoms with Gasteiger partial charge in [0.05, 0.1) is 11.3 Å². The lowest BCUT2D eigenvalue weighted by Crippen LogP contribution is -2.05. The van der Waals surface area contributed by atoms with Gasteiger partial charge in [0.2, 0.25) is 5.56 Å². The number of nitrogens with one attached hydrogen (secondary N) is 1. The number of rotatable bonds is 1. The Hall–Kier alpha value is -2.94. The lowest BCUT2D eigenvalue weighted by Gasteiger charge is -1.99. The van der Waals surface area contributed by atoms with Gasteiger partial charge in [-0.15, -0.1) is 10.2 Å². The number of aromatic amines is 1. The highest BCUT2D eigenvalue weighted by Crippen LogP contribution is 2.15. The van der Waals surface area contributed by atoms with Crippen LogP contribution in [-0.4, -0.2) is 19.6 Å². The van der Waals surface area contributed by atoms with E-state index in [4.69, 9.17) is 5.26 Å². The fourth-order valence-corrected chi connectivity index (χ4v) is 1.72. The van der Waals surface area contributed by atoms with Crippen molar-refractivity contribution in [2.75, 3.05) is 0 Å². The van der Waals surface area contributed by atoms with Crippen molar-refractivity contribution >= 4 is 5.65 Å². The number of nitrogens with zero attached hydrogens (tertiary/aromatic N) is 4. The van der Waals surface area contributed by atoms with Crippen molar-refractivity contribution < 1.29 is 0 Å². The maximum Gasteiger partial charge on any atom is 0.248 e. The standard InChI is InChI=1S/C12H7N5O/c13-6-8-4-5-10-15-16-12(17(10)7-8)9-2-1-3-11(18)14-9/h1-5,7H,(H,14,18). The Morgan fingerprint density at radius 2 is 2.11 bits per heavy atom. The van der Waals surface area contributed by atoms with E-state index in [1.165, 1.54) is 6.07 Å². The molecule has 0 bridgehead atoms. The number of hydrogen-bond donors (Lipinski definition) is 1. The molecule has 0 aliphatic heterocycles. The number of pyridine rings is 2. The second-order valence-electron chi connectivity index (χ2n) is 3.71. The van der Waals surface area contributed by atoms with Gasteiger partial charge in [0.15, 0.2) is 11.5 Å². The van der Waals surface area contributed by atoms with Crippen LogP contribution in [0.3, 0.4) is 0 Å². The fourth-order valence-electron chi connectivity index (χ4n) is 1.72. The Balaban J connectivity index is 2.30. The maximum absolute atomic E-state index is 11.3. The first-order chi connectivity index (χ1) is 8.78. The zero-order valence-electron chi connectivity index (χ0n) is 9.16. The lowest BCUT2D eigenvalue weighted by atomic mass is 10.3. The van der Waals surface area contributed by atoms with Crippen LogP contribution in [0.4, 0.5) is 0 Å². The second kappa shape index (κ2) is 3.82. The van der Waals surface area contributed by atoms with Gasteiger partial charge in [-0.3, -0.25) is 9.20 Å². The summed E-state index contributed by atoms with van der Waals surface area (Å²) in [4.78, 5) is 14.0. The second-order valence-corrected chi connectivity index (χ2v) is 3.71. The summed E-state index contributed by atoms with van der Waals surface area (Å²) in [6.45, 7) is 0. The van der Waals surface area contributed by atoms with E-state index in [2.05, 4.69) is 21.3 Å². The molecule has 6 nitrogen and oxygen atoms in total. The van der Waals surface area contributed by atoms with E-state index < -0.39 is 0 Å². The van der Waals surface area contributed by atoms with Gasteiger partial charge in [-0.2, -0.15) is 5.26 Å². The van der Waals surface area contributed by atoms with Crippen molar-refractivity contribution in [1.29, 1.82) is 5.26 Å². The molecule has 1 N–H and O–H groups in total. The Kier molecular flexibility index (Phi) is 2.17. The molecule has 86 valence electrons. The average Bonchev–Trinajstić information content (AvgIpc) is 2.81. The number of hydrogen-bond acceptors (Lipinski definition) is 4. The lowest BCUT2D eigenvalue weighted by molar-refractivity contribution is 1.08. The largest absolute Gasteiger partial charge is 0.319 e. The molecule has 0 saturated heterocycles. The first-order valence-corrected chi connectivity index (χ1v) is 5.22. The molecule has 0 aliphatic carbocycles. The quantitative estimate of drug-likeness (QED) is 0.682. The van der Waals surface area contributed by atoms with E-state index in [0.29, 0.717) is 22.7 Å². The molecule has 0 aromatic carbocycles. The predicted molar refractivity (Wildman–Crippen MR) is 63.8 cm³/mol. The Bertz CT molecular complexity index is 824. The average molecular weight is 237 g/mol. The zero-order chi connectivity index (χ0) is 12.5. The molecule has 3 aromatic heterocycles. The summed E-state index contributed by atoms with van der Waals surface area (Å²) in [5.74, 6) is 0.500. The van der Waals surface area contributed by atoms with Crippen LogP contribution in [0.1, 0.15) is 5.56 Å². The Labute approximate surface area is 101 Å². The SMILES string of the molecule is N#Cc1ccc2nnc(-c3cccc(=O)[nH]3)n2c1. The van der Waals surface area contributed by atoms with Crippen LogP contribution < -0.4 is 5.56 Å². The zero-order valence-corrected chi connectivity index (χ0v) is 9.16. The smallest absolute Gasteiger partial charge is 0.248 e. The van der Waals surface area contributed by atoms with E-state index in [-0.39, 0.29) is 5.56 Å². The van der Waals surface area contributed by atoms with Gasteiger partial charge < -0.3 is 4.98 Å². The fraction of sp³-hybridized carbons (Fsp3) is 0. The van der Waals surface area contributed by atoms with Crippen molar-refractivity contribution in [3.05, 3.63) is 52.4 Å². The maximum atomic E-state index is 11.3. The molecule has 18 heavy (non-hydrogen) atoms. The Morgan fingerprint density at radius 3 is 2.89 bits per heavy atom. The molecular formula is C12H7N5O. The molecular weight excluding hydrogens is 230 g/mol. The third-order valence-electron chi connectivity index (χ3n) is 2.54. The molecule has 0 amide bonds. The van der Waals surface area contributed by atoms with Crippen molar-refractivity contribution in [2.45, 2.75) is 0 Å². The first-order valence-electron chi connectivity index (χ1n) is 5.22. The summed E-state index contributed by atoms with van der Waals surface area (Å²) >= 11 is 0.